The van der Waals surface area contributed by atoms with Crippen LogP contribution in [0.15, 0.2) is 48.8 Å². The predicted octanol–water partition coefficient (Wildman–Crippen LogP) is 4.45. The summed E-state index contributed by atoms with van der Waals surface area (Å²) in [6, 6.07) is 13.8. The van der Waals surface area contributed by atoms with E-state index in [0.717, 1.165) is 12.8 Å². The third-order valence-electron chi connectivity index (χ3n) is 3.86. The van der Waals surface area contributed by atoms with Crippen molar-refractivity contribution in [2.75, 3.05) is 0 Å². The Morgan fingerprint density at radius 1 is 0.950 bits per heavy atom. The van der Waals surface area contributed by atoms with Crippen LogP contribution in [0.1, 0.15) is 56.0 Å². The van der Waals surface area contributed by atoms with E-state index in [9.17, 15) is 0 Å². The molecule has 1 aromatic heterocycles. The van der Waals surface area contributed by atoms with Crippen molar-refractivity contribution >= 4 is 0 Å². The standard InChI is InChI=1S/C18H24N2/c1-4-15-6-8-17(9-7-15)18(5-2)20-14(3)16-10-12-19-13-11-16/h6-14,18,20H,4-5H2,1-3H3/t14-,18?/m0/s1. The molecule has 0 aliphatic heterocycles. The lowest BCUT2D eigenvalue weighted by molar-refractivity contribution is 0.456. The molecule has 0 aliphatic carbocycles. The second-order valence-electron chi connectivity index (χ2n) is 5.22. The van der Waals surface area contributed by atoms with E-state index in [2.05, 4.69) is 67.5 Å². The third kappa shape index (κ3) is 3.67. The first-order chi connectivity index (χ1) is 9.74. The number of nitrogens with zero attached hydrogens (tertiary/aromatic N) is 1. The fraction of sp³-hybridized carbons (Fsp3) is 0.389. The zero-order valence-corrected chi connectivity index (χ0v) is 12.6. The zero-order chi connectivity index (χ0) is 14.4. The van der Waals surface area contributed by atoms with E-state index in [1.165, 1.54) is 16.7 Å². The van der Waals surface area contributed by atoms with Gasteiger partial charge in [0.05, 0.1) is 0 Å². The lowest BCUT2D eigenvalue weighted by Crippen LogP contribution is -2.24. The minimum Gasteiger partial charge on any atom is -0.303 e. The van der Waals surface area contributed by atoms with Crippen molar-refractivity contribution in [1.29, 1.82) is 0 Å². The Balaban J connectivity index is 2.08. The minimum absolute atomic E-state index is 0.328. The maximum Gasteiger partial charge on any atom is 0.0323 e. The zero-order valence-electron chi connectivity index (χ0n) is 12.6. The quantitative estimate of drug-likeness (QED) is 0.837. The van der Waals surface area contributed by atoms with Gasteiger partial charge in [0.15, 0.2) is 0 Å². The molecule has 1 N–H and O–H groups in total. The predicted molar refractivity (Wildman–Crippen MR) is 84.6 cm³/mol. The van der Waals surface area contributed by atoms with E-state index in [1.54, 1.807) is 0 Å². The lowest BCUT2D eigenvalue weighted by Gasteiger charge is -2.23. The smallest absolute Gasteiger partial charge is 0.0323 e. The highest BCUT2D eigenvalue weighted by atomic mass is 14.9. The molecule has 2 heteroatoms. The van der Waals surface area contributed by atoms with Crippen LogP contribution in [0.4, 0.5) is 0 Å². The van der Waals surface area contributed by atoms with Crippen molar-refractivity contribution < 1.29 is 0 Å². The molecule has 106 valence electrons. The number of aryl methyl sites for hydroxylation is 1. The first kappa shape index (κ1) is 14.7. The number of nitrogens with one attached hydrogen (secondary N) is 1. The van der Waals surface area contributed by atoms with Gasteiger partial charge >= 0.3 is 0 Å². The van der Waals surface area contributed by atoms with Gasteiger partial charge in [0.25, 0.3) is 0 Å². The molecule has 2 nitrogen and oxygen atoms in total. The summed E-state index contributed by atoms with van der Waals surface area (Å²) >= 11 is 0. The summed E-state index contributed by atoms with van der Waals surface area (Å²) in [5, 5.41) is 3.71. The molecule has 1 heterocycles. The van der Waals surface area contributed by atoms with Crippen molar-refractivity contribution in [2.24, 2.45) is 0 Å². The molecule has 1 unspecified atom stereocenters. The van der Waals surface area contributed by atoms with Crippen LogP contribution in [0, 0.1) is 0 Å². The molecule has 2 aromatic rings. The Hall–Kier alpha value is -1.67. The van der Waals surface area contributed by atoms with Gasteiger partial charge in [-0.25, -0.2) is 0 Å². The van der Waals surface area contributed by atoms with Crippen molar-refractivity contribution in [1.82, 2.24) is 10.3 Å². The average molecular weight is 268 g/mol. The van der Waals surface area contributed by atoms with Crippen LogP contribution in [-0.2, 0) is 6.42 Å². The van der Waals surface area contributed by atoms with Gasteiger partial charge in [-0.3, -0.25) is 4.98 Å². The summed E-state index contributed by atoms with van der Waals surface area (Å²) in [5.74, 6) is 0. The van der Waals surface area contributed by atoms with E-state index in [4.69, 9.17) is 0 Å². The van der Waals surface area contributed by atoms with E-state index < -0.39 is 0 Å². The molecule has 2 atom stereocenters. The largest absolute Gasteiger partial charge is 0.303 e. The van der Waals surface area contributed by atoms with Crippen LogP contribution in [0.3, 0.4) is 0 Å². The van der Waals surface area contributed by atoms with E-state index in [1.807, 2.05) is 12.4 Å². The highest BCUT2D eigenvalue weighted by molar-refractivity contribution is 5.25. The van der Waals surface area contributed by atoms with Gasteiger partial charge in [-0.15, -0.1) is 0 Å². The SMILES string of the molecule is CCc1ccc(C(CC)N[C@@H](C)c2ccncc2)cc1. The molecular weight excluding hydrogens is 244 g/mol. The number of rotatable bonds is 6. The molecule has 1 aromatic carbocycles. The van der Waals surface area contributed by atoms with Gasteiger partial charge in [-0.05, 0) is 48.6 Å². The van der Waals surface area contributed by atoms with E-state index in [-0.39, 0.29) is 0 Å². The molecule has 0 bridgehead atoms. The Kier molecular flexibility index (Phi) is 5.31. The molecule has 0 saturated heterocycles. The molecule has 0 spiro atoms. The Bertz CT molecular complexity index is 505. The second kappa shape index (κ2) is 7.20. The summed E-state index contributed by atoms with van der Waals surface area (Å²) in [4.78, 5) is 4.08. The third-order valence-corrected chi connectivity index (χ3v) is 3.86. The second-order valence-corrected chi connectivity index (χ2v) is 5.22. The lowest BCUT2D eigenvalue weighted by atomic mass is 10.00. The Labute approximate surface area is 122 Å². The van der Waals surface area contributed by atoms with Crippen LogP contribution in [0.2, 0.25) is 0 Å². The van der Waals surface area contributed by atoms with Crippen molar-refractivity contribution in [3.05, 3.63) is 65.5 Å². The summed E-state index contributed by atoms with van der Waals surface area (Å²) < 4.78 is 0. The van der Waals surface area contributed by atoms with Crippen LogP contribution in [0.5, 0.6) is 0 Å². The summed E-state index contributed by atoms with van der Waals surface area (Å²) in [6.45, 7) is 6.62. The molecule has 0 fully saturated rings. The van der Waals surface area contributed by atoms with Crippen molar-refractivity contribution in [3.8, 4) is 0 Å². The normalized spacial score (nSPS) is 13.9. The average Bonchev–Trinajstić information content (AvgIpc) is 2.53. The van der Waals surface area contributed by atoms with Gasteiger partial charge in [-0.2, -0.15) is 0 Å². The molecule has 20 heavy (non-hydrogen) atoms. The summed E-state index contributed by atoms with van der Waals surface area (Å²) in [7, 11) is 0. The van der Waals surface area contributed by atoms with Gasteiger partial charge in [0.1, 0.15) is 0 Å². The van der Waals surface area contributed by atoms with Crippen LogP contribution in [-0.4, -0.2) is 4.98 Å². The van der Waals surface area contributed by atoms with Gasteiger partial charge in [-0.1, -0.05) is 38.1 Å². The first-order valence-electron chi connectivity index (χ1n) is 7.49. The van der Waals surface area contributed by atoms with Gasteiger partial charge in [0.2, 0.25) is 0 Å². The van der Waals surface area contributed by atoms with Crippen LogP contribution >= 0.6 is 0 Å². The highest BCUT2D eigenvalue weighted by Crippen LogP contribution is 2.22. The number of aromatic nitrogens is 1. The Morgan fingerprint density at radius 2 is 1.60 bits per heavy atom. The highest BCUT2D eigenvalue weighted by Gasteiger charge is 2.13. The Morgan fingerprint density at radius 3 is 2.15 bits per heavy atom. The maximum atomic E-state index is 4.08. The van der Waals surface area contributed by atoms with Crippen LogP contribution < -0.4 is 5.32 Å². The van der Waals surface area contributed by atoms with Crippen molar-refractivity contribution in [2.45, 2.75) is 45.7 Å². The van der Waals surface area contributed by atoms with Crippen molar-refractivity contribution in [3.63, 3.8) is 0 Å². The minimum atomic E-state index is 0.328. The first-order valence-corrected chi connectivity index (χ1v) is 7.49. The molecule has 0 aliphatic rings. The molecule has 2 rings (SSSR count). The van der Waals surface area contributed by atoms with E-state index >= 15 is 0 Å². The summed E-state index contributed by atoms with van der Waals surface area (Å²) in [5.41, 5.74) is 4.04. The summed E-state index contributed by atoms with van der Waals surface area (Å²) in [6.07, 6.45) is 5.88. The van der Waals surface area contributed by atoms with Crippen LogP contribution in [0.25, 0.3) is 0 Å². The fourth-order valence-corrected chi connectivity index (χ4v) is 2.49. The molecular formula is C18H24N2. The van der Waals surface area contributed by atoms with Gasteiger partial charge in [0, 0.05) is 24.5 Å². The molecule has 0 radical (unpaired) electrons. The topological polar surface area (TPSA) is 24.9 Å². The number of hydrogen-bond donors (Lipinski definition) is 1. The number of benzene rings is 1. The van der Waals surface area contributed by atoms with Gasteiger partial charge < -0.3 is 5.32 Å². The molecule has 0 amide bonds. The number of hydrogen-bond acceptors (Lipinski definition) is 2. The molecule has 0 saturated carbocycles. The number of pyridine rings is 1. The fourth-order valence-electron chi connectivity index (χ4n) is 2.49. The van der Waals surface area contributed by atoms with E-state index in [0.29, 0.717) is 12.1 Å². The monoisotopic (exact) mass is 268 g/mol. The maximum absolute atomic E-state index is 4.08.